The van der Waals surface area contributed by atoms with Crippen LogP contribution in [0.2, 0.25) is 0 Å². The van der Waals surface area contributed by atoms with E-state index in [9.17, 15) is 4.39 Å². The molecule has 0 fully saturated rings. The second kappa shape index (κ2) is 6.24. The van der Waals surface area contributed by atoms with Crippen LogP contribution in [0.4, 0.5) is 16.0 Å². The Morgan fingerprint density at radius 1 is 1.21 bits per heavy atom. The van der Waals surface area contributed by atoms with Crippen LogP contribution in [-0.2, 0) is 0 Å². The van der Waals surface area contributed by atoms with Gasteiger partial charge in [0, 0.05) is 24.1 Å². The Morgan fingerprint density at radius 2 is 1.95 bits per heavy atom. The zero-order valence-corrected chi connectivity index (χ0v) is 10.9. The maximum Gasteiger partial charge on any atom is 0.230 e. The molecule has 2 rings (SSSR count). The van der Waals surface area contributed by atoms with E-state index in [4.69, 9.17) is 5.73 Å². The standard InChI is InChI=1S/C14H17FN4/c1-11-7-9-17-14(18-11)19(10-2-8-16)13-5-3-12(15)4-6-13/h3-7,9H,2,8,10,16H2,1H3. The van der Waals surface area contributed by atoms with Gasteiger partial charge in [0.1, 0.15) is 5.82 Å². The van der Waals surface area contributed by atoms with Gasteiger partial charge in [-0.1, -0.05) is 0 Å². The molecule has 0 aliphatic carbocycles. The van der Waals surface area contributed by atoms with E-state index in [1.807, 2.05) is 17.9 Å². The summed E-state index contributed by atoms with van der Waals surface area (Å²) >= 11 is 0. The molecule has 1 aromatic carbocycles. The van der Waals surface area contributed by atoms with Crippen LogP contribution in [0.1, 0.15) is 12.1 Å². The molecule has 4 nitrogen and oxygen atoms in total. The lowest BCUT2D eigenvalue weighted by molar-refractivity contribution is 0.627. The van der Waals surface area contributed by atoms with E-state index < -0.39 is 0 Å². The molecule has 0 amide bonds. The number of nitrogens with two attached hydrogens (primary N) is 1. The van der Waals surface area contributed by atoms with Gasteiger partial charge in [0.05, 0.1) is 0 Å². The normalized spacial score (nSPS) is 10.5. The van der Waals surface area contributed by atoms with Crippen LogP contribution in [0.3, 0.4) is 0 Å². The van der Waals surface area contributed by atoms with E-state index in [1.165, 1.54) is 12.1 Å². The molecule has 100 valence electrons. The molecule has 0 aliphatic heterocycles. The molecule has 0 unspecified atom stereocenters. The molecule has 0 saturated carbocycles. The minimum atomic E-state index is -0.257. The summed E-state index contributed by atoms with van der Waals surface area (Å²) in [5, 5.41) is 0. The molecular formula is C14H17FN4. The zero-order chi connectivity index (χ0) is 13.7. The largest absolute Gasteiger partial charge is 0.330 e. The first-order chi connectivity index (χ1) is 9.20. The molecule has 0 radical (unpaired) electrons. The Labute approximate surface area is 112 Å². The van der Waals surface area contributed by atoms with E-state index in [-0.39, 0.29) is 5.82 Å². The van der Waals surface area contributed by atoms with Gasteiger partial charge in [0.15, 0.2) is 0 Å². The van der Waals surface area contributed by atoms with Crippen molar-refractivity contribution in [2.45, 2.75) is 13.3 Å². The van der Waals surface area contributed by atoms with E-state index in [0.717, 1.165) is 17.8 Å². The van der Waals surface area contributed by atoms with E-state index in [0.29, 0.717) is 19.0 Å². The quantitative estimate of drug-likeness (QED) is 0.897. The summed E-state index contributed by atoms with van der Waals surface area (Å²) in [6.45, 7) is 3.20. The van der Waals surface area contributed by atoms with E-state index >= 15 is 0 Å². The van der Waals surface area contributed by atoms with Gasteiger partial charge in [0.2, 0.25) is 5.95 Å². The second-order valence-electron chi connectivity index (χ2n) is 4.27. The fourth-order valence-electron chi connectivity index (χ4n) is 1.78. The second-order valence-corrected chi connectivity index (χ2v) is 4.27. The summed E-state index contributed by atoms with van der Waals surface area (Å²) in [6.07, 6.45) is 2.53. The fourth-order valence-corrected chi connectivity index (χ4v) is 1.78. The summed E-state index contributed by atoms with van der Waals surface area (Å²) in [4.78, 5) is 10.6. The van der Waals surface area contributed by atoms with Gasteiger partial charge >= 0.3 is 0 Å². The number of nitrogens with zero attached hydrogens (tertiary/aromatic N) is 3. The number of halogens is 1. The molecule has 2 aromatic rings. The van der Waals surface area contributed by atoms with Gasteiger partial charge < -0.3 is 10.6 Å². The smallest absolute Gasteiger partial charge is 0.230 e. The third kappa shape index (κ3) is 3.48. The van der Waals surface area contributed by atoms with Crippen molar-refractivity contribution in [3.63, 3.8) is 0 Å². The summed E-state index contributed by atoms with van der Waals surface area (Å²) in [5.74, 6) is 0.354. The van der Waals surface area contributed by atoms with Gasteiger partial charge in [-0.3, -0.25) is 0 Å². The zero-order valence-electron chi connectivity index (χ0n) is 10.9. The lowest BCUT2D eigenvalue weighted by Gasteiger charge is -2.22. The number of hydrogen-bond acceptors (Lipinski definition) is 4. The fraction of sp³-hybridized carbons (Fsp3) is 0.286. The average molecular weight is 260 g/mol. The van der Waals surface area contributed by atoms with Crippen LogP contribution >= 0.6 is 0 Å². The predicted octanol–water partition coefficient (Wildman–Crippen LogP) is 2.41. The number of hydrogen-bond donors (Lipinski definition) is 1. The highest BCUT2D eigenvalue weighted by Crippen LogP contribution is 2.22. The van der Waals surface area contributed by atoms with Crippen molar-refractivity contribution in [1.29, 1.82) is 0 Å². The maximum absolute atomic E-state index is 13.0. The third-order valence-corrected chi connectivity index (χ3v) is 2.75. The molecule has 0 atom stereocenters. The van der Waals surface area contributed by atoms with Crippen molar-refractivity contribution in [3.8, 4) is 0 Å². The van der Waals surface area contributed by atoms with Gasteiger partial charge in [-0.2, -0.15) is 0 Å². The topological polar surface area (TPSA) is 55.0 Å². The Balaban J connectivity index is 2.32. The highest BCUT2D eigenvalue weighted by atomic mass is 19.1. The van der Waals surface area contributed by atoms with Crippen molar-refractivity contribution >= 4 is 11.6 Å². The van der Waals surface area contributed by atoms with Crippen LogP contribution in [0, 0.1) is 12.7 Å². The van der Waals surface area contributed by atoms with Gasteiger partial charge in [-0.25, -0.2) is 14.4 Å². The molecular weight excluding hydrogens is 243 g/mol. The monoisotopic (exact) mass is 260 g/mol. The van der Waals surface area contributed by atoms with Crippen LogP contribution in [0.5, 0.6) is 0 Å². The number of benzene rings is 1. The lowest BCUT2D eigenvalue weighted by Crippen LogP contribution is -2.23. The summed E-state index contributed by atoms with van der Waals surface area (Å²) in [6, 6.07) is 8.14. The number of rotatable bonds is 5. The Kier molecular flexibility index (Phi) is 4.41. The SMILES string of the molecule is Cc1ccnc(N(CCCN)c2ccc(F)cc2)n1. The molecule has 19 heavy (non-hydrogen) atoms. The van der Waals surface area contributed by atoms with Crippen molar-refractivity contribution in [1.82, 2.24) is 9.97 Å². The number of aromatic nitrogens is 2. The first kappa shape index (κ1) is 13.4. The summed E-state index contributed by atoms with van der Waals surface area (Å²) in [7, 11) is 0. The molecule has 2 N–H and O–H groups in total. The predicted molar refractivity (Wildman–Crippen MR) is 73.8 cm³/mol. The van der Waals surface area contributed by atoms with Crippen molar-refractivity contribution < 1.29 is 4.39 Å². The third-order valence-electron chi connectivity index (χ3n) is 2.75. The first-order valence-electron chi connectivity index (χ1n) is 6.23. The highest BCUT2D eigenvalue weighted by Gasteiger charge is 2.11. The Morgan fingerprint density at radius 3 is 2.58 bits per heavy atom. The van der Waals surface area contributed by atoms with Crippen molar-refractivity contribution in [2.75, 3.05) is 18.0 Å². The lowest BCUT2D eigenvalue weighted by atomic mass is 10.2. The van der Waals surface area contributed by atoms with E-state index in [1.54, 1.807) is 18.3 Å². The van der Waals surface area contributed by atoms with Crippen LogP contribution in [0.15, 0.2) is 36.5 Å². The van der Waals surface area contributed by atoms with Crippen LogP contribution in [0.25, 0.3) is 0 Å². The van der Waals surface area contributed by atoms with Gasteiger partial charge in [-0.15, -0.1) is 0 Å². The Bertz CT molecular complexity index is 527. The first-order valence-corrected chi connectivity index (χ1v) is 6.23. The van der Waals surface area contributed by atoms with Gasteiger partial charge in [0.25, 0.3) is 0 Å². The molecule has 0 aliphatic rings. The number of anilines is 2. The highest BCUT2D eigenvalue weighted by molar-refractivity contribution is 5.56. The van der Waals surface area contributed by atoms with Crippen LogP contribution in [-0.4, -0.2) is 23.1 Å². The minimum Gasteiger partial charge on any atom is -0.330 e. The molecule has 0 bridgehead atoms. The average Bonchev–Trinajstić information content (AvgIpc) is 2.41. The molecule has 0 saturated heterocycles. The molecule has 1 heterocycles. The van der Waals surface area contributed by atoms with Crippen molar-refractivity contribution in [2.24, 2.45) is 5.73 Å². The summed E-state index contributed by atoms with van der Waals surface area (Å²) < 4.78 is 13.0. The molecule has 1 aromatic heterocycles. The van der Waals surface area contributed by atoms with Crippen LogP contribution < -0.4 is 10.6 Å². The Hall–Kier alpha value is -2.01. The van der Waals surface area contributed by atoms with E-state index in [2.05, 4.69) is 9.97 Å². The minimum absolute atomic E-state index is 0.257. The summed E-state index contributed by atoms with van der Waals surface area (Å²) in [5.41, 5.74) is 7.31. The van der Waals surface area contributed by atoms with Crippen molar-refractivity contribution in [3.05, 3.63) is 48.0 Å². The number of aryl methyl sites for hydroxylation is 1. The van der Waals surface area contributed by atoms with Gasteiger partial charge in [-0.05, 0) is 50.2 Å². The molecule has 0 spiro atoms. The maximum atomic E-state index is 13.0. The molecule has 5 heteroatoms.